The van der Waals surface area contributed by atoms with Crippen molar-refractivity contribution in [2.45, 2.75) is 52.4 Å². The summed E-state index contributed by atoms with van der Waals surface area (Å²) in [5, 5.41) is 12.5. The second kappa shape index (κ2) is 12.7. The number of carbonyl (C=O) groups excluding carboxylic acids is 1. The topological polar surface area (TPSA) is 97.2 Å². The van der Waals surface area contributed by atoms with Crippen molar-refractivity contribution in [3.05, 3.63) is 23.8 Å². The number of ether oxygens (including phenoxy) is 2. The molecule has 1 aromatic carbocycles. The molecule has 1 aromatic rings. The van der Waals surface area contributed by atoms with Crippen LogP contribution in [-0.4, -0.2) is 36.4 Å². The molecule has 0 aliphatic rings. The summed E-state index contributed by atoms with van der Waals surface area (Å²) < 4.78 is 11.2. The van der Waals surface area contributed by atoms with Gasteiger partial charge in [0.1, 0.15) is 0 Å². The number of rotatable bonds is 13. The summed E-state index contributed by atoms with van der Waals surface area (Å²) in [7, 11) is 0. The molecule has 0 aliphatic heterocycles. The summed E-state index contributed by atoms with van der Waals surface area (Å²) in [5.74, 6) is 0.301. The molecule has 0 fully saturated rings. The molecule has 7 heteroatoms. The summed E-state index contributed by atoms with van der Waals surface area (Å²) in [6.45, 7) is 4.82. The number of hydrogen-bond acceptors (Lipinski definition) is 5. The third-order valence-corrected chi connectivity index (χ3v) is 3.54. The number of carboxylic acid groups (broad SMARTS) is 1. The van der Waals surface area contributed by atoms with E-state index in [1.54, 1.807) is 0 Å². The minimum Gasteiger partial charge on any atom is -0.490 e. The van der Waals surface area contributed by atoms with Crippen molar-refractivity contribution >= 4 is 18.1 Å². The van der Waals surface area contributed by atoms with Gasteiger partial charge in [-0.25, -0.2) is 5.43 Å². The molecule has 26 heavy (non-hydrogen) atoms. The van der Waals surface area contributed by atoms with E-state index in [1.165, 1.54) is 6.21 Å². The van der Waals surface area contributed by atoms with Crippen LogP contribution in [0.1, 0.15) is 57.9 Å². The molecule has 0 radical (unpaired) electrons. The molecule has 1 rings (SSSR count). The van der Waals surface area contributed by atoms with E-state index >= 15 is 0 Å². The lowest BCUT2D eigenvalue weighted by Gasteiger charge is -2.12. The number of carboxylic acids is 1. The monoisotopic (exact) mass is 364 g/mol. The molecule has 2 N–H and O–H groups in total. The number of para-hydroxylation sites is 1. The third-order valence-electron chi connectivity index (χ3n) is 3.54. The van der Waals surface area contributed by atoms with Crippen LogP contribution in [0.2, 0.25) is 0 Å². The van der Waals surface area contributed by atoms with E-state index in [-0.39, 0.29) is 12.3 Å². The number of unbranched alkanes of at least 4 members (excludes halogenated alkanes) is 3. The Balaban J connectivity index is 2.44. The molecule has 0 atom stereocenters. The van der Waals surface area contributed by atoms with Gasteiger partial charge in [0.05, 0.1) is 19.4 Å². The summed E-state index contributed by atoms with van der Waals surface area (Å²) >= 11 is 0. The van der Waals surface area contributed by atoms with E-state index in [0.29, 0.717) is 44.0 Å². The van der Waals surface area contributed by atoms with Crippen LogP contribution in [0.15, 0.2) is 23.3 Å². The Morgan fingerprint density at radius 2 is 1.77 bits per heavy atom. The first-order valence-electron chi connectivity index (χ1n) is 9.00. The Kier molecular flexibility index (Phi) is 10.5. The first-order chi connectivity index (χ1) is 12.6. The third kappa shape index (κ3) is 8.50. The Bertz CT molecular complexity index is 602. The highest BCUT2D eigenvalue weighted by molar-refractivity contribution is 5.86. The quantitative estimate of drug-likeness (QED) is 0.318. The highest BCUT2D eigenvalue weighted by atomic mass is 16.5. The summed E-state index contributed by atoms with van der Waals surface area (Å²) in [5.41, 5.74) is 3.23. The van der Waals surface area contributed by atoms with E-state index in [2.05, 4.69) is 10.5 Å². The Morgan fingerprint density at radius 1 is 1.08 bits per heavy atom. The molecule has 0 spiro atoms. The molecule has 7 nitrogen and oxygen atoms in total. The maximum absolute atomic E-state index is 11.8. The van der Waals surface area contributed by atoms with Gasteiger partial charge in [0.25, 0.3) is 0 Å². The van der Waals surface area contributed by atoms with Crippen molar-refractivity contribution in [1.29, 1.82) is 0 Å². The van der Waals surface area contributed by atoms with Crippen LogP contribution in [-0.2, 0) is 9.59 Å². The van der Waals surface area contributed by atoms with Gasteiger partial charge in [0.15, 0.2) is 11.5 Å². The first-order valence-corrected chi connectivity index (χ1v) is 9.00. The second-order valence-electron chi connectivity index (χ2n) is 5.64. The van der Waals surface area contributed by atoms with Crippen LogP contribution in [0.3, 0.4) is 0 Å². The molecule has 144 valence electrons. The molecule has 0 aromatic heterocycles. The minimum absolute atomic E-state index is 0.168. The average molecular weight is 364 g/mol. The van der Waals surface area contributed by atoms with Crippen molar-refractivity contribution in [2.75, 3.05) is 13.2 Å². The Hall–Kier alpha value is -2.57. The molecule has 0 saturated carbocycles. The van der Waals surface area contributed by atoms with Crippen molar-refractivity contribution in [2.24, 2.45) is 5.10 Å². The van der Waals surface area contributed by atoms with Crippen LogP contribution >= 0.6 is 0 Å². The van der Waals surface area contributed by atoms with Crippen LogP contribution in [0.5, 0.6) is 11.5 Å². The molecule has 0 heterocycles. The van der Waals surface area contributed by atoms with Crippen molar-refractivity contribution < 1.29 is 24.2 Å². The smallest absolute Gasteiger partial charge is 0.303 e. The zero-order valence-corrected chi connectivity index (χ0v) is 15.5. The molecule has 0 saturated heterocycles. The largest absolute Gasteiger partial charge is 0.490 e. The van der Waals surface area contributed by atoms with Gasteiger partial charge in [-0.1, -0.05) is 18.9 Å². The number of amides is 1. The number of benzene rings is 1. The highest BCUT2D eigenvalue weighted by Crippen LogP contribution is 2.30. The molecule has 0 unspecified atom stereocenters. The molecule has 0 bridgehead atoms. The fourth-order valence-electron chi connectivity index (χ4n) is 2.35. The zero-order chi connectivity index (χ0) is 19.2. The Labute approximate surface area is 154 Å². The normalized spacial score (nSPS) is 10.7. The Morgan fingerprint density at radius 3 is 2.42 bits per heavy atom. The van der Waals surface area contributed by atoms with Crippen LogP contribution in [0.4, 0.5) is 0 Å². The zero-order valence-electron chi connectivity index (χ0n) is 15.5. The molecule has 1 amide bonds. The number of hydrogen-bond donors (Lipinski definition) is 2. The fraction of sp³-hybridized carbons (Fsp3) is 0.526. The van der Waals surface area contributed by atoms with Gasteiger partial charge in [0.2, 0.25) is 5.91 Å². The average Bonchev–Trinajstić information content (AvgIpc) is 2.60. The SMILES string of the molecule is CCOc1cccc(/C=N/NC(=O)CCCCCCC(=O)O)c1OCC. The summed E-state index contributed by atoms with van der Waals surface area (Å²) in [6.07, 6.45) is 5.08. The minimum atomic E-state index is -0.781. The molecule has 0 aliphatic carbocycles. The van der Waals surface area contributed by atoms with Crippen LogP contribution in [0.25, 0.3) is 0 Å². The van der Waals surface area contributed by atoms with Crippen molar-refractivity contribution in [3.63, 3.8) is 0 Å². The van der Waals surface area contributed by atoms with Crippen LogP contribution in [0, 0.1) is 0 Å². The first kappa shape index (κ1) is 21.5. The van der Waals surface area contributed by atoms with E-state index in [4.69, 9.17) is 14.6 Å². The number of carbonyl (C=O) groups is 2. The summed E-state index contributed by atoms with van der Waals surface area (Å²) in [6, 6.07) is 5.51. The number of hydrazone groups is 1. The van der Waals surface area contributed by atoms with Gasteiger partial charge in [-0.2, -0.15) is 5.10 Å². The van der Waals surface area contributed by atoms with Gasteiger partial charge in [-0.15, -0.1) is 0 Å². The number of nitrogens with zero attached hydrogens (tertiary/aromatic N) is 1. The van der Waals surface area contributed by atoms with E-state index in [1.807, 2.05) is 32.0 Å². The molecular formula is C19H28N2O5. The summed E-state index contributed by atoms with van der Waals surface area (Å²) in [4.78, 5) is 22.2. The van der Waals surface area contributed by atoms with E-state index in [0.717, 1.165) is 18.4 Å². The van der Waals surface area contributed by atoms with Gasteiger partial charge in [-0.3, -0.25) is 9.59 Å². The van der Waals surface area contributed by atoms with E-state index < -0.39 is 5.97 Å². The number of nitrogens with one attached hydrogen (secondary N) is 1. The lowest BCUT2D eigenvalue weighted by molar-refractivity contribution is -0.137. The van der Waals surface area contributed by atoms with Crippen molar-refractivity contribution in [1.82, 2.24) is 5.43 Å². The second-order valence-corrected chi connectivity index (χ2v) is 5.64. The maximum Gasteiger partial charge on any atom is 0.303 e. The van der Waals surface area contributed by atoms with E-state index in [9.17, 15) is 9.59 Å². The molecular weight excluding hydrogens is 336 g/mol. The fourth-order valence-corrected chi connectivity index (χ4v) is 2.35. The van der Waals surface area contributed by atoms with Gasteiger partial charge in [-0.05, 0) is 38.8 Å². The van der Waals surface area contributed by atoms with Crippen LogP contribution < -0.4 is 14.9 Å². The van der Waals surface area contributed by atoms with Gasteiger partial charge in [0, 0.05) is 18.4 Å². The predicted octanol–water partition coefficient (Wildman–Crippen LogP) is 3.36. The van der Waals surface area contributed by atoms with Crippen molar-refractivity contribution in [3.8, 4) is 11.5 Å². The lowest BCUT2D eigenvalue weighted by Crippen LogP contribution is -2.17. The van der Waals surface area contributed by atoms with Gasteiger partial charge < -0.3 is 14.6 Å². The highest BCUT2D eigenvalue weighted by Gasteiger charge is 2.09. The van der Waals surface area contributed by atoms with Gasteiger partial charge >= 0.3 is 5.97 Å². The standard InChI is InChI=1S/C19H28N2O5/c1-3-25-16-11-9-10-15(19(16)26-4-2)14-20-21-17(22)12-7-5-6-8-13-18(23)24/h9-11,14H,3-8,12-13H2,1-2H3,(H,21,22)(H,23,24)/b20-14+. The number of aliphatic carboxylic acids is 1. The predicted molar refractivity (Wildman–Crippen MR) is 99.9 cm³/mol. The maximum atomic E-state index is 11.8. The lowest BCUT2D eigenvalue weighted by atomic mass is 10.1.